The highest BCUT2D eigenvalue weighted by atomic mass is 16.5. The predicted molar refractivity (Wildman–Crippen MR) is 114 cm³/mol. The Balaban J connectivity index is 2.22. The lowest BCUT2D eigenvalue weighted by Gasteiger charge is -2.16. The lowest BCUT2D eigenvalue weighted by molar-refractivity contribution is 0.102. The maximum Gasteiger partial charge on any atom is 0.332 e. The molecule has 30 heavy (non-hydrogen) atoms. The number of amides is 1. The summed E-state index contributed by atoms with van der Waals surface area (Å²) in [6.07, 6.45) is 2.98. The van der Waals surface area contributed by atoms with E-state index in [9.17, 15) is 14.4 Å². The van der Waals surface area contributed by atoms with Crippen LogP contribution in [0.5, 0.6) is 11.5 Å². The van der Waals surface area contributed by atoms with Gasteiger partial charge in [-0.05, 0) is 24.1 Å². The van der Waals surface area contributed by atoms with Crippen LogP contribution >= 0.6 is 0 Å². The first-order valence-corrected chi connectivity index (χ1v) is 9.45. The smallest absolute Gasteiger partial charge is 0.332 e. The number of aromatic nitrogens is 3. The molecule has 9 heteroatoms. The van der Waals surface area contributed by atoms with Gasteiger partial charge in [-0.1, -0.05) is 13.3 Å². The first-order valence-electron chi connectivity index (χ1n) is 9.45. The number of aryl methyl sites for hydroxylation is 2. The van der Waals surface area contributed by atoms with Gasteiger partial charge in [0.05, 0.1) is 25.5 Å². The number of fused-ring (bicyclic) bond motifs is 1. The second-order valence-electron chi connectivity index (χ2n) is 6.83. The van der Waals surface area contributed by atoms with E-state index in [1.807, 2.05) is 6.92 Å². The number of benzene rings is 1. The number of hydrogen-bond acceptors (Lipinski definition) is 6. The molecule has 158 valence electrons. The lowest BCUT2D eigenvalue weighted by atomic mass is 10.1. The molecule has 0 radical (unpaired) electrons. The van der Waals surface area contributed by atoms with Crippen LogP contribution in [0.4, 0.5) is 5.69 Å². The Kier molecular flexibility index (Phi) is 5.91. The van der Waals surface area contributed by atoms with E-state index in [4.69, 9.17) is 9.47 Å². The van der Waals surface area contributed by atoms with Crippen molar-refractivity contribution in [2.45, 2.75) is 19.8 Å². The van der Waals surface area contributed by atoms with Crippen LogP contribution in [0, 0.1) is 0 Å². The third kappa shape index (κ3) is 3.54. The number of carbonyl (C=O) groups excluding carboxylic acids is 1. The third-order valence-corrected chi connectivity index (χ3v) is 4.96. The van der Waals surface area contributed by atoms with Crippen molar-refractivity contribution < 1.29 is 14.3 Å². The summed E-state index contributed by atoms with van der Waals surface area (Å²) in [5.74, 6) is 0.436. The van der Waals surface area contributed by atoms with Gasteiger partial charge in [-0.3, -0.25) is 18.7 Å². The van der Waals surface area contributed by atoms with E-state index in [1.165, 1.54) is 32.9 Å². The Bertz CT molecular complexity index is 1240. The number of nitrogens with one attached hydrogen (secondary N) is 1. The van der Waals surface area contributed by atoms with Gasteiger partial charge in [-0.2, -0.15) is 0 Å². The van der Waals surface area contributed by atoms with Gasteiger partial charge in [-0.15, -0.1) is 0 Å². The minimum Gasteiger partial charge on any atom is -0.497 e. The highest BCUT2D eigenvalue weighted by Gasteiger charge is 2.21. The van der Waals surface area contributed by atoms with Crippen LogP contribution in [-0.4, -0.2) is 34.2 Å². The fourth-order valence-corrected chi connectivity index (χ4v) is 3.34. The zero-order chi connectivity index (χ0) is 22.0. The number of carbonyl (C=O) groups is 1. The molecule has 0 fully saturated rings. The minimum absolute atomic E-state index is 0.186. The molecule has 2 aromatic heterocycles. The molecule has 0 aliphatic rings. The summed E-state index contributed by atoms with van der Waals surface area (Å²) in [6.45, 7) is 1.99. The molecule has 1 aromatic carbocycles. The monoisotopic (exact) mass is 412 g/mol. The first kappa shape index (κ1) is 21.1. The Morgan fingerprint density at radius 3 is 2.50 bits per heavy atom. The fourth-order valence-electron chi connectivity index (χ4n) is 3.34. The van der Waals surface area contributed by atoms with E-state index in [2.05, 4.69) is 10.3 Å². The second-order valence-corrected chi connectivity index (χ2v) is 6.83. The number of methoxy groups -OCH3 is 2. The summed E-state index contributed by atoms with van der Waals surface area (Å²) in [7, 11) is 5.92. The number of hydrogen-bond donors (Lipinski definition) is 1. The van der Waals surface area contributed by atoms with Crippen LogP contribution in [0.15, 0.2) is 34.0 Å². The molecule has 2 heterocycles. The summed E-state index contributed by atoms with van der Waals surface area (Å²) < 4.78 is 12.8. The van der Waals surface area contributed by atoms with Gasteiger partial charge < -0.3 is 14.8 Å². The number of rotatable bonds is 6. The summed E-state index contributed by atoms with van der Waals surface area (Å²) >= 11 is 0. The van der Waals surface area contributed by atoms with Crippen LogP contribution in [-0.2, 0) is 20.5 Å². The molecule has 0 unspecified atom stereocenters. The van der Waals surface area contributed by atoms with E-state index in [1.54, 1.807) is 24.4 Å². The van der Waals surface area contributed by atoms with E-state index in [0.717, 1.165) is 11.0 Å². The van der Waals surface area contributed by atoms with Gasteiger partial charge >= 0.3 is 5.69 Å². The van der Waals surface area contributed by atoms with Crippen molar-refractivity contribution in [1.29, 1.82) is 0 Å². The molecule has 0 atom stereocenters. The van der Waals surface area contributed by atoms with E-state index in [0.29, 0.717) is 29.2 Å². The van der Waals surface area contributed by atoms with Crippen LogP contribution in [0.3, 0.4) is 0 Å². The number of nitrogens with zero attached hydrogens (tertiary/aromatic N) is 3. The van der Waals surface area contributed by atoms with Crippen molar-refractivity contribution in [2.75, 3.05) is 19.5 Å². The predicted octanol–water partition coefficient (Wildman–Crippen LogP) is 1.85. The van der Waals surface area contributed by atoms with Crippen molar-refractivity contribution >= 4 is 22.6 Å². The SMILES string of the molecule is CCCc1cnc2c(c1NC(=O)c1ccc(OC)cc1OC)c(=O)n(C)c(=O)n2C. The molecule has 0 bridgehead atoms. The highest BCUT2D eigenvalue weighted by Crippen LogP contribution is 2.28. The van der Waals surface area contributed by atoms with Crippen molar-refractivity contribution in [2.24, 2.45) is 14.1 Å². The topological polar surface area (TPSA) is 104 Å². The van der Waals surface area contributed by atoms with Gasteiger partial charge in [0.2, 0.25) is 0 Å². The van der Waals surface area contributed by atoms with Gasteiger partial charge in [0.1, 0.15) is 16.9 Å². The fraction of sp³-hybridized carbons (Fsp3) is 0.333. The molecule has 0 aliphatic carbocycles. The molecule has 0 spiro atoms. The second kappa shape index (κ2) is 8.40. The van der Waals surface area contributed by atoms with Crippen molar-refractivity contribution in [3.8, 4) is 11.5 Å². The minimum atomic E-state index is -0.518. The standard InChI is InChI=1S/C21H24N4O5/c1-6-7-12-11-22-18-16(20(27)25(3)21(28)24(18)2)17(12)23-19(26)14-9-8-13(29-4)10-15(14)30-5/h8-11H,6-7H2,1-5H3,(H,22,23,26). The van der Waals surface area contributed by atoms with Crippen LogP contribution < -0.4 is 26.0 Å². The van der Waals surface area contributed by atoms with Crippen LogP contribution in [0.1, 0.15) is 29.3 Å². The van der Waals surface area contributed by atoms with E-state index in [-0.39, 0.29) is 16.6 Å². The Morgan fingerprint density at radius 2 is 1.87 bits per heavy atom. The van der Waals surface area contributed by atoms with Crippen molar-refractivity contribution in [3.05, 3.63) is 56.4 Å². The van der Waals surface area contributed by atoms with E-state index < -0.39 is 17.2 Å². The quantitative estimate of drug-likeness (QED) is 0.663. The molecule has 3 aromatic rings. The maximum atomic E-state index is 13.1. The largest absolute Gasteiger partial charge is 0.497 e. The molecule has 3 rings (SSSR count). The summed E-state index contributed by atoms with van der Waals surface area (Å²) in [4.78, 5) is 42.6. The Labute approximate surface area is 172 Å². The van der Waals surface area contributed by atoms with Crippen LogP contribution in [0.25, 0.3) is 11.0 Å². The molecular weight excluding hydrogens is 388 g/mol. The van der Waals surface area contributed by atoms with E-state index >= 15 is 0 Å². The molecule has 9 nitrogen and oxygen atoms in total. The normalized spacial score (nSPS) is 10.8. The first-order chi connectivity index (χ1) is 14.3. The average molecular weight is 412 g/mol. The molecular formula is C21H24N4O5. The van der Waals surface area contributed by atoms with Crippen molar-refractivity contribution in [1.82, 2.24) is 14.1 Å². The van der Waals surface area contributed by atoms with Gasteiger partial charge in [-0.25, -0.2) is 9.78 Å². The third-order valence-electron chi connectivity index (χ3n) is 4.96. The van der Waals surface area contributed by atoms with Gasteiger partial charge in [0, 0.05) is 26.4 Å². The average Bonchev–Trinajstić information content (AvgIpc) is 2.76. The Morgan fingerprint density at radius 1 is 1.13 bits per heavy atom. The summed E-state index contributed by atoms with van der Waals surface area (Å²) in [5.41, 5.74) is 0.544. The van der Waals surface area contributed by atoms with Crippen LogP contribution in [0.2, 0.25) is 0 Å². The van der Waals surface area contributed by atoms with Gasteiger partial charge in [0.25, 0.3) is 11.5 Å². The zero-order valence-corrected chi connectivity index (χ0v) is 17.6. The number of pyridine rings is 1. The zero-order valence-electron chi connectivity index (χ0n) is 17.6. The maximum absolute atomic E-state index is 13.1. The molecule has 1 N–H and O–H groups in total. The van der Waals surface area contributed by atoms with Crippen molar-refractivity contribution in [3.63, 3.8) is 0 Å². The molecule has 0 saturated carbocycles. The Hall–Kier alpha value is -3.62. The number of anilines is 1. The highest BCUT2D eigenvalue weighted by molar-refractivity contribution is 6.10. The lowest BCUT2D eigenvalue weighted by Crippen LogP contribution is -2.38. The molecule has 0 aliphatic heterocycles. The summed E-state index contributed by atoms with van der Waals surface area (Å²) in [5, 5.41) is 3.04. The summed E-state index contributed by atoms with van der Waals surface area (Å²) in [6, 6.07) is 4.84. The molecule has 1 amide bonds. The molecule has 0 saturated heterocycles. The van der Waals surface area contributed by atoms with Gasteiger partial charge in [0.15, 0.2) is 5.65 Å². The number of ether oxygens (including phenoxy) is 2.